The van der Waals surface area contributed by atoms with Gasteiger partial charge in [-0.25, -0.2) is 4.39 Å². The molecule has 0 N–H and O–H groups in total. The lowest BCUT2D eigenvalue weighted by Crippen LogP contribution is -2.06. The number of hydrogen-bond donors (Lipinski definition) is 0. The molecule has 86 valence electrons. The third-order valence-electron chi connectivity index (χ3n) is 2.54. The van der Waals surface area contributed by atoms with Gasteiger partial charge in [-0.1, -0.05) is 6.07 Å². The van der Waals surface area contributed by atoms with Crippen molar-refractivity contribution in [2.45, 2.75) is 13.8 Å². The van der Waals surface area contributed by atoms with Gasteiger partial charge in [-0.2, -0.15) is 0 Å². The quantitative estimate of drug-likeness (QED) is 0.741. The van der Waals surface area contributed by atoms with Crippen LogP contribution in [-0.2, 0) is 0 Å². The Bertz CT molecular complexity index is 561. The Balaban J connectivity index is 2.40. The first-order valence-electron chi connectivity index (χ1n) is 5.31. The van der Waals surface area contributed by atoms with Gasteiger partial charge in [-0.15, -0.1) is 0 Å². The summed E-state index contributed by atoms with van der Waals surface area (Å²) >= 11 is 0. The Hall–Kier alpha value is -2.03. The van der Waals surface area contributed by atoms with Crippen molar-refractivity contribution >= 4 is 5.78 Å². The van der Waals surface area contributed by atoms with Gasteiger partial charge in [-0.05, 0) is 49.2 Å². The molecule has 3 heteroatoms. The molecule has 0 aliphatic rings. The van der Waals surface area contributed by atoms with Crippen molar-refractivity contribution in [2.24, 2.45) is 0 Å². The number of carbonyl (C=O) groups is 1. The molecule has 1 aromatic heterocycles. The number of benzene rings is 1. The maximum Gasteiger partial charge on any atom is 0.211 e. The monoisotopic (exact) mass is 229 g/mol. The fraction of sp³-hybridized carbons (Fsp3) is 0.143. The summed E-state index contributed by atoms with van der Waals surface area (Å²) in [5.41, 5.74) is 2.71. The van der Waals surface area contributed by atoms with Crippen LogP contribution in [0.2, 0.25) is 0 Å². The summed E-state index contributed by atoms with van der Waals surface area (Å²) < 4.78 is 12.8. The fourth-order valence-electron chi connectivity index (χ4n) is 1.69. The number of pyridine rings is 1. The lowest BCUT2D eigenvalue weighted by Gasteiger charge is -2.04. The molecule has 2 nitrogen and oxygen atoms in total. The maximum atomic E-state index is 12.8. The molecule has 0 fully saturated rings. The third-order valence-corrected chi connectivity index (χ3v) is 2.54. The summed E-state index contributed by atoms with van der Waals surface area (Å²) in [7, 11) is 0. The number of rotatable bonds is 2. The van der Waals surface area contributed by atoms with Gasteiger partial charge in [0, 0.05) is 11.8 Å². The molecule has 1 aromatic carbocycles. The number of carbonyl (C=O) groups excluding carboxylic acids is 1. The Morgan fingerprint density at radius 1 is 1.18 bits per heavy atom. The third kappa shape index (κ3) is 2.38. The van der Waals surface area contributed by atoms with Crippen molar-refractivity contribution in [3.8, 4) is 0 Å². The van der Waals surface area contributed by atoms with Crippen LogP contribution in [0.15, 0.2) is 36.5 Å². The molecule has 0 bridgehead atoms. The zero-order chi connectivity index (χ0) is 12.4. The first kappa shape index (κ1) is 11.5. The van der Waals surface area contributed by atoms with Gasteiger partial charge in [-0.3, -0.25) is 9.78 Å². The highest BCUT2D eigenvalue weighted by molar-refractivity contribution is 6.08. The molecular weight excluding hydrogens is 217 g/mol. The fourth-order valence-corrected chi connectivity index (χ4v) is 1.69. The molecule has 0 saturated heterocycles. The molecule has 2 aromatic rings. The van der Waals surface area contributed by atoms with Gasteiger partial charge in [0.15, 0.2) is 0 Å². The predicted molar refractivity (Wildman–Crippen MR) is 63.5 cm³/mol. The summed E-state index contributed by atoms with van der Waals surface area (Å²) in [5.74, 6) is -0.530. The molecule has 1 heterocycles. The molecule has 0 saturated carbocycles. The van der Waals surface area contributed by atoms with Gasteiger partial charge < -0.3 is 0 Å². The maximum absolute atomic E-state index is 12.8. The van der Waals surface area contributed by atoms with Crippen molar-refractivity contribution in [2.75, 3.05) is 0 Å². The van der Waals surface area contributed by atoms with Crippen LogP contribution < -0.4 is 0 Å². The summed E-state index contributed by atoms with van der Waals surface area (Å²) in [6.07, 6.45) is 1.66. The summed E-state index contributed by atoms with van der Waals surface area (Å²) in [4.78, 5) is 16.2. The second-order valence-corrected chi connectivity index (χ2v) is 4.01. The zero-order valence-corrected chi connectivity index (χ0v) is 9.70. The van der Waals surface area contributed by atoms with E-state index in [2.05, 4.69) is 4.98 Å². The number of hydrogen-bond acceptors (Lipinski definition) is 2. The Morgan fingerprint density at radius 3 is 2.41 bits per heavy atom. The largest absolute Gasteiger partial charge is 0.287 e. The van der Waals surface area contributed by atoms with E-state index in [1.54, 1.807) is 6.20 Å². The molecule has 2 rings (SSSR count). The van der Waals surface area contributed by atoms with Crippen molar-refractivity contribution < 1.29 is 9.18 Å². The summed E-state index contributed by atoms with van der Waals surface area (Å²) in [6, 6.07) is 7.40. The van der Waals surface area contributed by atoms with E-state index in [0.717, 1.165) is 11.1 Å². The van der Waals surface area contributed by atoms with E-state index in [4.69, 9.17) is 0 Å². The minimum Gasteiger partial charge on any atom is -0.287 e. The van der Waals surface area contributed by atoms with Crippen LogP contribution >= 0.6 is 0 Å². The van der Waals surface area contributed by atoms with E-state index in [-0.39, 0.29) is 11.6 Å². The second-order valence-electron chi connectivity index (χ2n) is 4.01. The molecular formula is C14H12FNO. The van der Waals surface area contributed by atoms with E-state index in [1.807, 2.05) is 19.9 Å². The van der Waals surface area contributed by atoms with E-state index in [1.165, 1.54) is 24.3 Å². The molecule has 0 radical (unpaired) electrons. The van der Waals surface area contributed by atoms with Gasteiger partial charge in [0.05, 0.1) is 0 Å². The molecule has 0 aliphatic heterocycles. The topological polar surface area (TPSA) is 30.0 Å². The van der Waals surface area contributed by atoms with Gasteiger partial charge in [0.25, 0.3) is 0 Å². The first-order valence-corrected chi connectivity index (χ1v) is 5.31. The normalized spacial score (nSPS) is 10.3. The Labute approximate surface area is 99.1 Å². The van der Waals surface area contributed by atoms with E-state index in [0.29, 0.717) is 11.3 Å². The first-order chi connectivity index (χ1) is 8.08. The van der Waals surface area contributed by atoms with Crippen molar-refractivity contribution in [3.63, 3.8) is 0 Å². The molecule has 0 unspecified atom stereocenters. The predicted octanol–water partition coefficient (Wildman–Crippen LogP) is 3.07. The van der Waals surface area contributed by atoms with Crippen LogP contribution in [-0.4, -0.2) is 10.8 Å². The van der Waals surface area contributed by atoms with Crippen LogP contribution in [0, 0.1) is 19.7 Å². The Kier molecular flexibility index (Phi) is 3.00. The van der Waals surface area contributed by atoms with Crippen LogP contribution in [0.25, 0.3) is 0 Å². The van der Waals surface area contributed by atoms with Crippen molar-refractivity contribution in [3.05, 3.63) is 64.7 Å². The van der Waals surface area contributed by atoms with Crippen LogP contribution in [0.3, 0.4) is 0 Å². The minimum atomic E-state index is -0.352. The highest BCUT2D eigenvalue weighted by Crippen LogP contribution is 2.13. The summed E-state index contributed by atoms with van der Waals surface area (Å²) in [6.45, 7) is 3.77. The highest BCUT2D eigenvalue weighted by Gasteiger charge is 2.13. The smallest absolute Gasteiger partial charge is 0.211 e. The number of nitrogens with zero attached hydrogens (tertiary/aromatic N) is 1. The number of halogens is 1. The van der Waals surface area contributed by atoms with E-state index < -0.39 is 0 Å². The van der Waals surface area contributed by atoms with Crippen molar-refractivity contribution in [1.29, 1.82) is 0 Å². The van der Waals surface area contributed by atoms with Crippen molar-refractivity contribution in [1.82, 2.24) is 4.98 Å². The molecule has 0 amide bonds. The lowest BCUT2D eigenvalue weighted by molar-refractivity contribution is 0.103. The van der Waals surface area contributed by atoms with E-state index in [9.17, 15) is 9.18 Å². The van der Waals surface area contributed by atoms with Crippen LogP contribution in [0.1, 0.15) is 27.2 Å². The molecule has 17 heavy (non-hydrogen) atoms. The molecule has 0 spiro atoms. The highest BCUT2D eigenvalue weighted by atomic mass is 19.1. The Morgan fingerprint density at radius 2 is 1.82 bits per heavy atom. The number of aryl methyl sites for hydroxylation is 2. The number of aromatic nitrogens is 1. The standard InChI is InChI=1S/C14H12FNO/c1-9-7-10(2)13(16-8-9)14(17)11-3-5-12(15)6-4-11/h3-8H,1-2H3. The number of ketones is 1. The lowest BCUT2D eigenvalue weighted by atomic mass is 10.0. The molecule has 0 aliphatic carbocycles. The zero-order valence-electron chi connectivity index (χ0n) is 9.70. The van der Waals surface area contributed by atoms with Gasteiger partial charge in [0.2, 0.25) is 5.78 Å². The molecule has 0 atom stereocenters. The average Bonchev–Trinajstić information content (AvgIpc) is 2.29. The SMILES string of the molecule is Cc1cnc(C(=O)c2ccc(F)cc2)c(C)c1. The minimum absolute atomic E-state index is 0.178. The van der Waals surface area contributed by atoms with Crippen LogP contribution in [0.4, 0.5) is 4.39 Å². The van der Waals surface area contributed by atoms with Gasteiger partial charge >= 0.3 is 0 Å². The van der Waals surface area contributed by atoms with Crippen LogP contribution in [0.5, 0.6) is 0 Å². The average molecular weight is 229 g/mol. The van der Waals surface area contributed by atoms with E-state index >= 15 is 0 Å². The summed E-state index contributed by atoms with van der Waals surface area (Å²) in [5, 5.41) is 0. The van der Waals surface area contributed by atoms with Gasteiger partial charge in [0.1, 0.15) is 11.5 Å². The second kappa shape index (κ2) is 4.45.